The van der Waals surface area contributed by atoms with Crippen molar-refractivity contribution in [2.75, 3.05) is 19.6 Å². The first-order chi connectivity index (χ1) is 10.7. The van der Waals surface area contributed by atoms with Gasteiger partial charge in [-0.15, -0.1) is 0 Å². The van der Waals surface area contributed by atoms with Crippen molar-refractivity contribution >= 4 is 0 Å². The smallest absolute Gasteiger partial charge is 0.0695 e. The molecule has 22 heavy (non-hydrogen) atoms. The van der Waals surface area contributed by atoms with E-state index in [9.17, 15) is 5.11 Å². The summed E-state index contributed by atoms with van der Waals surface area (Å²) in [6, 6.07) is 1.17. The molecular formula is C19H36N2O. The fraction of sp³-hybridized carbons (Fsp3) is 1.00. The summed E-state index contributed by atoms with van der Waals surface area (Å²) in [6.45, 7) is 6.00. The Morgan fingerprint density at radius 2 is 1.59 bits per heavy atom. The van der Waals surface area contributed by atoms with Crippen LogP contribution in [0.4, 0.5) is 0 Å². The molecule has 1 heterocycles. The number of piperidine rings is 1. The quantitative estimate of drug-likeness (QED) is 0.837. The fourth-order valence-corrected chi connectivity index (χ4v) is 4.82. The van der Waals surface area contributed by atoms with E-state index in [-0.39, 0.29) is 6.10 Å². The normalized spacial score (nSPS) is 39.0. The molecule has 0 amide bonds. The molecule has 0 aromatic rings. The molecule has 3 nitrogen and oxygen atoms in total. The third-order valence-electron chi connectivity index (χ3n) is 6.52. The second kappa shape index (κ2) is 8.12. The van der Waals surface area contributed by atoms with Crippen molar-refractivity contribution in [1.29, 1.82) is 0 Å². The predicted octanol–water partition coefficient (Wildman–Crippen LogP) is 3.17. The van der Waals surface area contributed by atoms with E-state index in [4.69, 9.17) is 0 Å². The van der Waals surface area contributed by atoms with E-state index in [1.54, 1.807) is 0 Å². The van der Waals surface area contributed by atoms with Gasteiger partial charge in [-0.2, -0.15) is 0 Å². The van der Waals surface area contributed by atoms with Crippen molar-refractivity contribution in [2.24, 2.45) is 11.8 Å². The molecular weight excluding hydrogens is 272 g/mol. The summed E-state index contributed by atoms with van der Waals surface area (Å²) in [4.78, 5) is 2.57. The van der Waals surface area contributed by atoms with Crippen LogP contribution in [-0.2, 0) is 0 Å². The van der Waals surface area contributed by atoms with E-state index in [1.807, 2.05) is 0 Å². The molecule has 2 saturated carbocycles. The minimum absolute atomic E-state index is 0.0671. The Labute approximate surface area is 136 Å². The van der Waals surface area contributed by atoms with E-state index in [0.29, 0.717) is 6.04 Å². The third kappa shape index (κ3) is 4.46. The standard InChI is InChI=1S/C19H36N2O/c1-15-6-8-16(9-7-15)14-20-17-10-12-21(13-11-17)18-4-2-3-5-19(18)22/h15-20,22H,2-14H2,1H3. The van der Waals surface area contributed by atoms with Crippen LogP contribution in [0.5, 0.6) is 0 Å². The van der Waals surface area contributed by atoms with E-state index in [0.717, 1.165) is 24.3 Å². The molecule has 0 spiro atoms. The van der Waals surface area contributed by atoms with Gasteiger partial charge in [0.25, 0.3) is 0 Å². The molecule has 2 unspecified atom stereocenters. The van der Waals surface area contributed by atoms with Crippen LogP contribution in [0.3, 0.4) is 0 Å². The molecule has 3 fully saturated rings. The Morgan fingerprint density at radius 3 is 2.27 bits per heavy atom. The molecule has 3 heteroatoms. The van der Waals surface area contributed by atoms with Crippen molar-refractivity contribution in [3.05, 3.63) is 0 Å². The summed E-state index contributed by atoms with van der Waals surface area (Å²) < 4.78 is 0. The zero-order valence-electron chi connectivity index (χ0n) is 14.5. The lowest BCUT2D eigenvalue weighted by Gasteiger charge is -2.42. The Balaban J connectivity index is 1.35. The summed E-state index contributed by atoms with van der Waals surface area (Å²) in [5.74, 6) is 1.89. The van der Waals surface area contributed by atoms with Crippen molar-refractivity contribution in [1.82, 2.24) is 10.2 Å². The Kier molecular flexibility index (Phi) is 6.17. The maximum absolute atomic E-state index is 10.2. The summed E-state index contributed by atoms with van der Waals surface area (Å²) in [5, 5.41) is 14.1. The number of aliphatic hydroxyl groups is 1. The molecule has 2 N–H and O–H groups in total. The maximum atomic E-state index is 10.2. The topological polar surface area (TPSA) is 35.5 Å². The van der Waals surface area contributed by atoms with Crippen LogP contribution in [0.2, 0.25) is 0 Å². The summed E-state index contributed by atoms with van der Waals surface area (Å²) in [5.41, 5.74) is 0. The largest absolute Gasteiger partial charge is 0.391 e. The van der Waals surface area contributed by atoms with Gasteiger partial charge in [0.2, 0.25) is 0 Å². The van der Waals surface area contributed by atoms with Crippen LogP contribution < -0.4 is 5.32 Å². The first-order valence-electron chi connectivity index (χ1n) is 9.88. The highest BCUT2D eigenvalue weighted by molar-refractivity contribution is 4.88. The molecule has 0 bridgehead atoms. The number of hydrogen-bond acceptors (Lipinski definition) is 3. The molecule has 0 radical (unpaired) electrons. The van der Waals surface area contributed by atoms with Crippen LogP contribution in [0.25, 0.3) is 0 Å². The van der Waals surface area contributed by atoms with Crippen LogP contribution in [0.1, 0.15) is 71.1 Å². The van der Waals surface area contributed by atoms with Crippen LogP contribution in [0.15, 0.2) is 0 Å². The molecule has 0 aromatic heterocycles. The molecule has 1 aliphatic heterocycles. The van der Waals surface area contributed by atoms with Crippen molar-refractivity contribution in [3.63, 3.8) is 0 Å². The van der Waals surface area contributed by atoms with Crippen molar-refractivity contribution < 1.29 is 5.11 Å². The lowest BCUT2D eigenvalue weighted by atomic mass is 9.83. The van der Waals surface area contributed by atoms with Crippen molar-refractivity contribution in [2.45, 2.75) is 89.3 Å². The first-order valence-corrected chi connectivity index (χ1v) is 9.88. The average Bonchev–Trinajstić information content (AvgIpc) is 2.55. The minimum Gasteiger partial charge on any atom is -0.391 e. The summed E-state index contributed by atoms with van der Waals surface area (Å²) in [6.07, 6.45) is 13.0. The van der Waals surface area contributed by atoms with E-state index in [2.05, 4.69) is 17.1 Å². The molecule has 0 aromatic carbocycles. The van der Waals surface area contributed by atoms with Gasteiger partial charge in [0, 0.05) is 25.2 Å². The van der Waals surface area contributed by atoms with Crippen LogP contribution in [0, 0.1) is 11.8 Å². The lowest BCUT2D eigenvalue weighted by Crippen LogP contribution is -2.52. The zero-order valence-corrected chi connectivity index (χ0v) is 14.5. The van der Waals surface area contributed by atoms with Gasteiger partial charge in [-0.05, 0) is 56.9 Å². The van der Waals surface area contributed by atoms with Gasteiger partial charge >= 0.3 is 0 Å². The van der Waals surface area contributed by atoms with Gasteiger partial charge in [0.1, 0.15) is 0 Å². The summed E-state index contributed by atoms with van der Waals surface area (Å²) >= 11 is 0. The maximum Gasteiger partial charge on any atom is 0.0695 e. The zero-order chi connectivity index (χ0) is 15.4. The van der Waals surface area contributed by atoms with E-state index in [1.165, 1.54) is 77.4 Å². The second-order valence-corrected chi connectivity index (χ2v) is 8.26. The summed E-state index contributed by atoms with van der Waals surface area (Å²) in [7, 11) is 0. The molecule has 3 rings (SSSR count). The van der Waals surface area contributed by atoms with Crippen LogP contribution in [-0.4, -0.2) is 47.8 Å². The number of hydrogen-bond donors (Lipinski definition) is 2. The van der Waals surface area contributed by atoms with Crippen molar-refractivity contribution in [3.8, 4) is 0 Å². The number of nitrogens with zero attached hydrogens (tertiary/aromatic N) is 1. The highest BCUT2D eigenvalue weighted by atomic mass is 16.3. The van der Waals surface area contributed by atoms with E-state index < -0.39 is 0 Å². The second-order valence-electron chi connectivity index (χ2n) is 8.26. The fourth-order valence-electron chi connectivity index (χ4n) is 4.82. The Hall–Kier alpha value is -0.120. The Bertz CT molecular complexity index is 319. The average molecular weight is 309 g/mol. The van der Waals surface area contributed by atoms with Gasteiger partial charge in [-0.1, -0.05) is 32.6 Å². The molecule has 3 aliphatic rings. The molecule has 2 atom stereocenters. The third-order valence-corrected chi connectivity index (χ3v) is 6.52. The highest BCUT2D eigenvalue weighted by Gasteiger charge is 2.31. The van der Waals surface area contributed by atoms with E-state index >= 15 is 0 Å². The number of rotatable bonds is 4. The van der Waals surface area contributed by atoms with Gasteiger partial charge < -0.3 is 10.4 Å². The monoisotopic (exact) mass is 308 g/mol. The van der Waals surface area contributed by atoms with Crippen LogP contribution >= 0.6 is 0 Å². The highest BCUT2D eigenvalue weighted by Crippen LogP contribution is 2.29. The number of aliphatic hydroxyl groups excluding tert-OH is 1. The number of likely N-dealkylation sites (tertiary alicyclic amines) is 1. The SMILES string of the molecule is CC1CCC(CNC2CCN(C3CCCCC3O)CC2)CC1. The van der Waals surface area contributed by atoms with Gasteiger partial charge in [-0.3, -0.25) is 4.90 Å². The van der Waals surface area contributed by atoms with Gasteiger partial charge in [-0.25, -0.2) is 0 Å². The molecule has 1 saturated heterocycles. The molecule has 128 valence electrons. The number of nitrogens with one attached hydrogen (secondary N) is 1. The Morgan fingerprint density at radius 1 is 0.909 bits per heavy atom. The first kappa shape index (κ1) is 16.7. The lowest BCUT2D eigenvalue weighted by molar-refractivity contribution is 0.00694. The van der Waals surface area contributed by atoms with Gasteiger partial charge in [0.05, 0.1) is 6.10 Å². The predicted molar refractivity (Wildman–Crippen MR) is 92.0 cm³/mol. The van der Waals surface area contributed by atoms with Gasteiger partial charge in [0.15, 0.2) is 0 Å². The minimum atomic E-state index is -0.0671. The molecule has 2 aliphatic carbocycles.